The number of carbonyl (C=O) groups excluding carboxylic acids is 1. The smallest absolute Gasteiger partial charge is 0.410 e. The number of likely N-dealkylation sites (tertiary alicyclic amines) is 1. The molecule has 2 heterocycles. The molecule has 0 radical (unpaired) electrons. The highest BCUT2D eigenvalue weighted by atomic mass is 32.2. The fourth-order valence-electron chi connectivity index (χ4n) is 3.03. The summed E-state index contributed by atoms with van der Waals surface area (Å²) in [7, 11) is 0. The Morgan fingerprint density at radius 1 is 1.38 bits per heavy atom. The number of nitrogens with one attached hydrogen (secondary N) is 1. The van der Waals surface area contributed by atoms with Crippen LogP contribution in [0.2, 0.25) is 0 Å². The highest BCUT2D eigenvalue weighted by Gasteiger charge is 2.31. The molecule has 0 bridgehead atoms. The van der Waals surface area contributed by atoms with E-state index in [0.717, 1.165) is 31.8 Å². The van der Waals surface area contributed by atoms with Gasteiger partial charge in [0.15, 0.2) is 0 Å². The van der Waals surface area contributed by atoms with Gasteiger partial charge in [-0.3, -0.25) is 0 Å². The van der Waals surface area contributed by atoms with E-state index >= 15 is 0 Å². The minimum absolute atomic E-state index is 0.166. The molecule has 1 N–H and O–H groups in total. The van der Waals surface area contributed by atoms with Gasteiger partial charge in [0.2, 0.25) is 0 Å². The van der Waals surface area contributed by atoms with Crippen LogP contribution in [0.5, 0.6) is 0 Å². The van der Waals surface area contributed by atoms with Gasteiger partial charge in [-0.2, -0.15) is 11.8 Å². The first-order valence-corrected chi connectivity index (χ1v) is 9.31. The third-order valence-electron chi connectivity index (χ3n) is 4.22. The molecule has 3 atom stereocenters. The summed E-state index contributed by atoms with van der Waals surface area (Å²) in [5.41, 5.74) is -0.411. The van der Waals surface area contributed by atoms with E-state index in [9.17, 15) is 4.79 Å². The van der Waals surface area contributed by atoms with Crippen molar-refractivity contribution < 1.29 is 9.53 Å². The molecule has 0 aromatic heterocycles. The van der Waals surface area contributed by atoms with Crippen molar-refractivity contribution in [3.8, 4) is 0 Å². The van der Waals surface area contributed by atoms with Crippen molar-refractivity contribution in [3.05, 3.63) is 0 Å². The number of nitrogens with zero attached hydrogens (tertiary/aromatic N) is 1. The van der Waals surface area contributed by atoms with Gasteiger partial charge in [0.25, 0.3) is 0 Å². The van der Waals surface area contributed by atoms with Gasteiger partial charge in [-0.15, -0.1) is 0 Å². The number of thioether (sulfide) groups is 1. The number of rotatable bonds is 3. The zero-order chi connectivity index (χ0) is 15.5. The Morgan fingerprint density at radius 2 is 2.14 bits per heavy atom. The lowest BCUT2D eigenvalue weighted by Crippen LogP contribution is -2.51. The Morgan fingerprint density at radius 3 is 2.71 bits per heavy atom. The molecule has 122 valence electrons. The maximum absolute atomic E-state index is 12.2. The highest BCUT2D eigenvalue weighted by molar-refractivity contribution is 7.99. The summed E-state index contributed by atoms with van der Waals surface area (Å²) in [6.45, 7) is 9.82. The minimum Gasteiger partial charge on any atom is -0.444 e. The number of hydrogen-bond donors (Lipinski definition) is 1. The van der Waals surface area contributed by atoms with Crippen LogP contribution in [0.3, 0.4) is 0 Å². The first-order chi connectivity index (χ1) is 9.85. The average molecular weight is 314 g/mol. The summed E-state index contributed by atoms with van der Waals surface area (Å²) in [6.07, 6.45) is 3.24. The van der Waals surface area contributed by atoms with Gasteiger partial charge >= 0.3 is 6.09 Å². The molecule has 0 aromatic rings. The Bertz CT molecular complexity index is 351. The van der Waals surface area contributed by atoms with Crippen molar-refractivity contribution >= 4 is 17.9 Å². The lowest BCUT2D eigenvalue weighted by atomic mass is 9.98. The van der Waals surface area contributed by atoms with E-state index in [1.165, 1.54) is 17.9 Å². The van der Waals surface area contributed by atoms with Crippen LogP contribution in [0, 0.1) is 5.92 Å². The number of amides is 1. The predicted octanol–water partition coefficient (Wildman–Crippen LogP) is 3.12. The van der Waals surface area contributed by atoms with Crippen molar-refractivity contribution in [1.29, 1.82) is 0 Å². The summed E-state index contributed by atoms with van der Waals surface area (Å²) in [4.78, 5) is 14.1. The normalized spacial score (nSPS) is 30.5. The summed E-state index contributed by atoms with van der Waals surface area (Å²) in [5, 5.41) is 3.71. The largest absolute Gasteiger partial charge is 0.444 e. The maximum atomic E-state index is 12.2. The molecule has 2 rings (SSSR count). The molecule has 2 saturated heterocycles. The predicted molar refractivity (Wildman–Crippen MR) is 88.9 cm³/mol. The van der Waals surface area contributed by atoms with Crippen molar-refractivity contribution in [2.75, 3.05) is 24.6 Å². The topological polar surface area (TPSA) is 41.6 Å². The van der Waals surface area contributed by atoms with E-state index < -0.39 is 5.60 Å². The van der Waals surface area contributed by atoms with Crippen LogP contribution in [-0.4, -0.2) is 53.3 Å². The summed E-state index contributed by atoms with van der Waals surface area (Å²) in [6, 6.07) is 0.799. The van der Waals surface area contributed by atoms with Crippen molar-refractivity contribution in [2.24, 2.45) is 5.92 Å². The second-order valence-corrected chi connectivity index (χ2v) is 8.53. The monoisotopic (exact) mass is 314 g/mol. The van der Waals surface area contributed by atoms with Gasteiger partial charge < -0.3 is 15.0 Å². The van der Waals surface area contributed by atoms with Crippen LogP contribution in [-0.2, 0) is 4.74 Å². The van der Waals surface area contributed by atoms with E-state index in [1.807, 2.05) is 25.7 Å². The number of carbonyl (C=O) groups is 1. The van der Waals surface area contributed by atoms with Gasteiger partial charge in [-0.1, -0.05) is 0 Å². The standard InChI is InChI=1S/C16H30N2O2S/c1-12-9-14(17-10-13-6-8-21-11-13)5-7-18(12)15(19)20-16(2,3)4/h12-14,17H,5-11H2,1-4H3. The van der Waals surface area contributed by atoms with E-state index in [-0.39, 0.29) is 12.1 Å². The molecular weight excluding hydrogens is 284 g/mol. The van der Waals surface area contributed by atoms with Gasteiger partial charge in [-0.25, -0.2) is 4.79 Å². The van der Waals surface area contributed by atoms with Crippen LogP contribution in [0.4, 0.5) is 4.79 Å². The average Bonchev–Trinajstić information content (AvgIpc) is 2.87. The quantitative estimate of drug-likeness (QED) is 0.869. The molecule has 4 nitrogen and oxygen atoms in total. The van der Waals surface area contributed by atoms with Crippen molar-refractivity contribution in [2.45, 2.75) is 64.6 Å². The first-order valence-electron chi connectivity index (χ1n) is 8.16. The second kappa shape index (κ2) is 7.23. The van der Waals surface area contributed by atoms with Crippen molar-refractivity contribution in [1.82, 2.24) is 10.2 Å². The zero-order valence-corrected chi connectivity index (χ0v) is 14.7. The van der Waals surface area contributed by atoms with Crippen molar-refractivity contribution in [3.63, 3.8) is 0 Å². The molecule has 2 fully saturated rings. The zero-order valence-electron chi connectivity index (χ0n) is 13.9. The number of ether oxygens (including phenoxy) is 1. The number of hydrogen-bond acceptors (Lipinski definition) is 4. The summed E-state index contributed by atoms with van der Waals surface area (Å²) < 4.78 is 5.49. The lowest BCUT2D eigenvalue weighted by Gasteiger charge is -2.38. The maximum Gasteiger partial charge on any atom is 0.410 e. The third kappa shape index (κ3) is 5.37. The molecule has 21 heavy (non-hydrogen) atoms. The molecule has 0 aliphatic carbocycles. The van der Waals surface area contributed by atoms with E-state index in [4.69, 9.17) is 4.74 Å². The van der Waals surface area contributed by atoms with E-state index in [2.05, 4.69) is 24.0 Å². The molecule has 1 amide bonds. The van der Waals surface area contributed by atoms with Gasteiger partial charge in [0, 0.05) is 18.6 Å². The molecule has 0 saturated carbocycles. The van der Waals surface area contributed by atoms with Crippen LogP contribution < -0.4 is 5.32 Å². The van der Waals surface area contributed by atoms with Crippen LogP contribution in [0.1, 0.15) is 47.0 Å². The van der Waals surface area contributed by atoms with E-state index in [0.29, 0.717) is 6.04 Å². The fraction of sp³-hybridized carbons (Fsp3) is 0.938. The van der Waals surface area contributed by atoms with Crippen LogP contribution in [0.25, 0.3) is 0 Å². The lowest BCUT2D eigenvalue weighted by molar-refractivity contribution is 0.00929. The molecule has 0 aromatic carbocycles. The van der Waals surface area contributed by atoms with Crippen LogP contribution in [0.15, 0.2) is 0 Å². The molecule has 0 spiro atoms. The van der Waals surface area contributed by atoms with Gasteiger partial charge in [0.05, 0.1) is 0 Å². The van der Waals surface area contributed by atoms with Gasteiger partial charge in [0.1, 0.15) is 5.60 Å². The Hall–Kier alpha value is -0.420. The Balaban J connectivity index is 1.74. The number of piperidine rings is 1. The second-order valence-electron chi connectivity index (χ2n) is 7.38. The fourth-order valence-corrected chi connectivity index (χ4v) is 4.31. The third-order valence-corrected chi connectivity index (χ3v) is 5.45. The molecular formula is C16H30N2O2S. The first kappa shape index (κ1) is 16.9. The Labute approximate surface area is 133 Å². The summed E-state index contributed by atoms with van der Waals surface area (Å²) >= 11 is 2.07. The Kier molecular flexibility index (Phi) is 5.83. The van der Waals surface area contributed by atoms with Gasteiger partial charge in [-0.05, 0) is 70.9 Å². The SMILES string of the molecule is CC1CC(NCC2CCSC2)CCN1C(=O)OC(C)(C)C. The summed E-state index contributed by atoms with van der Waals surface area (Å²) in [5.74, 6) is 3.47. The molecule has 2 aliphatic heterocycles. The van der Waals surface area contributed by atoms with E-state index in [1.54, 1.807) is 0 Å². The minimum atomic E-state index is -0.411. The molecule has 5 heteroatoms. The van der Waals surface area contributed by atoms with Crippen LogP contribution >= 0.6 is 11.8 Å². The molecule has 3 unspecified atom stereocenters. The highest BCUT2D eigenvalue weighted by Crippen LogP contribution is 2.24. The molecule has 2 aliphatic rings.